The third-order valence-electron chi connectivity index (χ3n) is 4.76. The molecule has 1 N–H and O–H groups in total. The lowest BCUT2D eigenvalue weighted by Gasteiger charge is -2.23. The van der Waals surface area contributed by atoms with Gasteiger partial charge < -0.3 is 24.1 Å². The van der Waals surface area contributed by atoms with Crippen molar-refractivity contribution >= 4 is 16.7 Å². The van der Waals surface area contributed by atoms with Gasteiger partial charge in [-0.15, -0.1) is 0 Å². The molecule has 6 heteroatoms. The predicted octanol–water partition coefficient (Wildman–Crippen LogP) is 3.38. The van der Waals surface area contributed by atoms with Crippen molar-refractivity contribution in [1.82, 2.24) is 0 Å². The first-order valence-corrected chi connectivity index (χ1v) is 10.1. The minimum Gasteiger partial charge on any atom is -0.490 e. The van der Waals surface area contributed by atoms with Gasteiger partial charge in [0.05, 0.1) is 19.8 Å². The molecule has 0 radical (unpaired) electrons. The Kier molecular flexibility index (Phi) is 7.88. The molecule has 0 saturated carbocycles. The maximum Gasteiger partial charge on any atom is 0.333 e. The lowest BCUT2D eigenvalue weighted by Crippen LogP contribution is -2.15. The fraction of sp³-hybridized carbons (Fsp3) is 0.375. The smallest absolute Gasteiger partial charge is 0.333 e. The maximum atomic E-state index is 11.3. The van der Waals surface area contributed by atoms with Crippen molar-refractivity contribution in [1.29, 1.82) is 0 Å². The van der Waals surface area contributed by atoms with Crippen LogP contribution in [0.4, 0.5) is 0 Å². The molecule has 30 heavy (non-hydrogen) atoms. The molecule has 1 aliphatic rings. The third-order valence-corrected chi connectivity index (χ3v) is 4.76. The number of fused-ring (bicyclic) bond motifs is 2. The number of aliphatic hydroxyl groups excluding tert-OH is 1. The molecule has 0 spiro atoms. The lowest BCUT2D eigenvalue weighted by molar-refractivity contribution is -0.140. The molecule has 3 rings (SSSR count). The van der Waals surface area contributed by atoms with Crippen LogP contribution < -0.4 is 9.47 Å². The van der Waals surface area contributed by atoms with Gasteiger partial charge in [-0.05, 0) is 19.8 Å². The first kappa shape index (κ1) is 21.9. The molecule has 0 aromatic heterocycles. The minimum absolute atomic E-state index is 0.0315. The van der Waals surface area contributed by atoms with Gasteiger partial charge in [-0.25, -0.2) is 4.79 Å². The molecule has 0 fully saturated rings. The van der Waals surface area contributed by atoms with E-state index in [2.05, 4.69) is 18.7 Å². The van der Waals surface area contributed by atoms with E-state index in [1.165, 1.54) is 0 Å². The van der Waals surface area contributed by atoms with Crippen molar-refractivity contribution in [3.8, 4) is 11.5 Å². The molecule has 0 saturated heterocycles. The van der Waals surface area contributed by atoms with Crippen LogP contribution in [0.25, 0.3) is 10.8 Å². The average Bonchev–Trinajstić information content (AvgIpc) is 2.77. The van der Waals surface area contributed by atoms with Crippen LogP contribution in [0.3, 0.4) is 0 Å². The molecule has 2 aromatic carbocycles. The Labute approximate surface area is 176 Å². The molecule has 0 bridgehead atoms. The van der Waals surface area contributed by atoms with Crippen molar-refractivity contribution < 1.29 is 28.8 Å². The summed E-state index contributed by atoms with van der Waals surface area (Å²) in [4.78, 5) is 11.3. The number of allylic oxidation sites excluding steroid dienone is 2. The van der Waals surface area contributed by atoms with E-state index in [0.29, 0.717) is 25.4 Å². The second-order valence-corrected chi connectivity index (χ2v) is 6.99. The monoisotopic (exact) mass is 412 g/mol. The zero-order valence-electron chi connectivity index (χ0n) is 17.3. The number of carbonyl (C=O) groups is 1. The van der Waals surface area contributed by atoms with Crippen LogP contribution >= 0.6 is 0 Å². The zero-order valence-corrected chi connectivity index (χ0v) is 17.3. The largest absolute Gasteiger partial charge is 0.490 e. The highest BCUT2D eigenvalue weighted by molar-refractivity contribution is 5.96. The number of carbonyl (C=O) groups excluding carboxylic acids is 1. The van der Waals surface area contributed by atoms with Gasteiger partial charge in [0, 0.05) is 27.5 Å². The predicted molar refractivity (Wildman–Crippen MR) is 115 cm³/mol. The molecule has 2 aromatic rings. The first-order chi connectivity index (χ1) is 14.6. The second-order valence-electron chi connectivity index (χ2n) is 6.99. The zero-order chi connectivity index (χ0) is 21.3. The third kappa shape index (κ3) is 5.20. The highest BCUT2D eigenvalue weighted by Crippen LogP contribution is 2.43. The molecular weight excluding hydrogens is 384 g/mol. The van der Waals surface area contributed by atoms with E-state index in [-0.39, 0.29) is 19.8 Å². The van der Waals surface area contributed by atoms with Crippen LogP contribution in [0.2, 0.25) is 0 Å². The number of ether oxygens (including phenoxy) is 4. The van der Waals surface area contributed by atoms with Gasteiger partial charge in [-0.1, -0.05) is 43.0 Å². The number of benzene rings is 2. The summed E-state index contributed by atoms with van der Waals surface area (Å²) in [6.45, 7) is 6.62. The Bertz CT molecular complexity index is 931. The Morgan fingerprint density at radius 3 is 2.07 bits per heavy atom. The number of hydrogen-bond donors (Lipinski definition) is 1. The van der Waals surface area contributed by atoms with Crippen LogP contribution in [0.1, 0.15) is 18.1 Å². The van der Waals surface area contributed by atoms with Crippen molar-refractivity contribution in [3.05, 3.63) is 59.7 Å². The van der Waals surface area contributed by atoms with E-state index < -0.39 is 5.97 Å². The summed E-state index contributed by atoms with van der Waals surface area (Å²) in [5.74, 6) is 1.25. The quantitative estimate of drug-likeness (QED) is 0.264. The molecule has 0 amide bonds. The molecular formula is C24H28O6. The Balaban J connectivity index is 1.69. The van der Waals surface area contributed by atoms with Crippen LogP contribution in [0, 0.1) is 0 Å². The number of rotatable bonds is 11. The molecule has 1 aliphatic carbocycles. The highest BCUT2D eigenvalue weighted by Gasteiger charge is 2.21. The van der Waals surface area contributed by atoms with E-state index in [4.69, 9.17) is 18.9 Å². The summed E-state index contributed by atoms with van der Waals surface area (Å²) in [7, 11) is 0. The Morgan fingerprint density at radius 2 is 1.50 bits per heavy atom. The lowest BCUT2D eigenvalue weighted by atomic mass is 9.90. The molecule has 0 atom stereocenters. The Hall–Kier alpha value is -2.83. The fourth-order valence-electron chi connectivity index (χ4n) is 3.41. The first-order valence-electron chi connectivity index (χ1n) is 10.1. The van der Waals surface area contributed by atoms with E-state index >= 15 is 0 Å². The van der Waals surface area contributed by atoms with Crippen LogP contribution in [-0.2, 0) is 27.1 Å². The van der Waals surface area contributed by atoms with Crippen molar-refractivity contribution in [2.75, 3.05) is 39.6 Å². The Morgan fingerprint density at radius 1 is 0.933 bits per heavy atom. The normalized spacial score (nSPS) is 12.5. The van der Waals surface area contributed by atoms with Crippen LogP contribution in [-0.4, -0.2) is 50.7 Å². The summed E-state index contributed by atoms with van der Waals surface area (Å²) >= 11 is 0. The number of esters is 1. The minimum atomic E-state index is -0.412. The summed E-state index contributed by atoms with van der Waals surface area (Å²) in [5, 5.41) is 11.2. The molecule has 6 nitrogen and oxygen atoms in total. The summed E-state index contributed by atoms with van der Waals surface area (Å²) in [6.07, 6.45) is 5.79. The SMILES string of the molecule is C=C(C)C(=O)OCCOCCOc1c2c(c(OCCO)c3ccccc13)CC=CC2. The van der Waals surface area contributed by atoms with Crippen LogP contribution in [0.5, 0.6) is 11.5 Å². The molecule has 0 heterocycles. The van der Waals surface area contributed by atoms with Gasteiger partial charge in [-0.3, -0.25) is 0 Å². The van der Waals surface area contributed by atoms with Gasteiger partial charge in [0.25, 0.3) is 0 Å². The van der Waals surface area contributed by atoms with E-state index in [1.807, 2.05) is 24.3 Å². The van der Waals surface area contributed by atoms with E-state index in [9.17, 15) is 9.90 Å². The van der Waals surface area contributed by atoms with Gasteiger partial charge >= 0.3 is 5.97 Å². The van der Waals surface area contributed by atoms with Gasteiger partial charge in [-0.2, -0.15) is 0 Å². The van der Waals surface area contributed by atoms with Crippen molar-refractivity contribution in [2.24, 2.45) is 0 Å². The van der Waals surface area contributed by atoms with Gasteiger partial charge in [0.2, 0.25) is 0 Å². The average molecular weight is 412 g/mol. The van der Waals surface area contributed by atoms with Crippen molar-refractivity contribution in [3.63, 3.8) is 0 Å². The number of aliphatic hydroxyl groups is 1. The number of hydrogen-bond acceptors (Lipinski definition) is 6. The van der Waals surface area contributed by atoms with Gasteiger partial charge in [0.1, 0.15) is 31.3 Å². The fourth-order valence-corrected chi connectivity index (χ4v) is 3.41. The topological polar surface area (TPSA) is 74.2 Å². The van der Waals surface area contributed by atoms with E-state index in [1.54, 1.807) is 6.92 Å². The summed E-state index contributed by atoms with van der Waals surface area (Å²) in [6, 6.07) is 7.98. The molecule has 0 aliphatic heterocycles. The highest BCUT2D eigenvalue weighted by atomic mass is 16.6. The molecule has 160 valence electrons. The second kappa shape index (κ2) is 10.8. The van der Waals surface area contributed by atoms with Crippen LogP contribution in [0.15, 0.2) is 48.6 Å². The van der Waals surface area contributed by atoms with Crippen molar-refractivity contribution in [2.45, 2.75) is 19.8 Å². The maximum absolute atomic E-state index is 11.3. The van der Waals surface area contributed by atoms with Gasteiger partial charge in [0.15, 0.2) is 0 Å². The van der Waals surface area contributed by atoms with E-state index in [0.717, 1.165) is 46.2 Å². The summed E-state index contributed by atoms with van der Waals surface area (Å²) < 4.78 is 22.6. The standard InChI is InChI=1S/C24H28O6/c1-17(2)24(26)30-16-14-27-13-15-29-23-20-9-5-3-7-18(20)22(28-12-11-25)19-8-4-6-10-21(19)23/h3-7,9,25H,1,8,10-16H2,2H3. The molecule has 0 unspecified atom stereocenters. The summed E-state index contributed by atoms with van der Waals surface area (Å²) in [5.41, 5.74) is 2.59.